The molecule has 1 aromatic heterocycles. The quantitative estimate of drug-likeness (QED) is 0.576. The summed E-state index contributed by atoms with van der Waals surface area (Å²) in [5.74, 6) is 0.625. The number of rotatable bonds is 4. The predicted molar refractivity (Wildman–Crippen MR) is 119 cm³/mol. The van der Waals surface area contributed by atoms with Crippen LogP contribution in [-0.4, -0.2) is 22.8 Å². The molecule has 1 fully saturated rings. The molecule has 4 rings (SSSR count). The van der Waals surface area contributed by atoms with Crippen molar-refractivity contribution in [2.24, 2.45) is 4.99 Å². The molecule has 0 saturated carbocycles. The van der Waals surface area contributed by atoms with E-state index in [0.717, 1.165) is 28.4 Å². The van der Waals surface area contributed by atoms with Crippen molar-refractivity contribution in [2.45, 2.75) is 6.92 Å². The van der Waals surface area contributed by atoms with Gasteiger partial charge >= 0.3 is 0 Å². The number of benzene rings is 2. The van der Waals surface area contributed by atoms with Crippen LogP contribution in [-0.2, 0) is 4.79 Å². The van der Waals surface area contributed by atoms with E-state index in [4.69, 9.17) is 16.3 Å². The Labute approximate surface area is 178 Å². The van der Waals surface area contributed by atoms with Crippen molar-refractivity contribution in [1.82, 2.24) is 9.88 Å². The zero-order valence-corrected chi connectivity index (χ0v) is 17.4. The molecule has 1 aliphatic rings. The fourth-order valence-corrected chi connectivity index (χ4v) is 3.90. The molecule has 0 spiro atoms. The summed E-state index contributed by atoms with van der Waals surface area (Å²) in [5.41, 5.74) is 3.60. The Morgan fingerprint density at radius 2 is 1.97 bits per heavy atom. The third-order valence-corrected chi connectivity index (χ3v) is 5.60. The van der Waals surface area contributed by atoms with Gasteiger partial charge < -0.3 is 14.6 Å². The first-order valence-corrected chi connectivity index (χ1v) is 10.1. The molecule has 0 unspecified atom stereocenters. The largest absolute Gasteiger partial charge is 0.497 e. The average molecular weight is 424 g/mol. The Hall–Kier alpha value is -2.96. The molecule has 2 heterocycles. The summed E-state index contributed by atoms with van der Waals surface area (Å²) in [6.45, 7) is 1.95. The third-order valence-electron chi connectivity index (χ3n) is 4.45. The predicted octanol–water partition coefficient (Wildman–Crippen LogP) is 5.34. The van der Waals surface area contributed by atoms with E-state index in [1.165, 1.54) is 11.8 Å². The van der Waals surface area contributed by atoms with Crippen molar-refractivity contribution in [3.8, 4) is 11.4 Å². The maximum Gasteiger partial charge on any atom is 0.264 e. The maximum atomic E-state index is 12.5. The average Bonchev–Trinajstić information content (AvgIpc) is 3.31. The van der Waals surface area contributed by atoms with E-state index >= 15 is 0 Å². The van der Waals surface area contributed by atoms with E-state index in [0.29, 0.717) is 15.1 Å². The molecule has 1 N–H and O–H groups in total. The highest BCUT2D eigenvalue weighted by atomic mass is 35.5. The molecule has 1 amide bonds. The van der Waals surface area contributed by atoms with Gasteiger partial charge in [-0.25, -0.2) is 4.99 Å². The SMILES string of the molecule is COc1ccc(-n2cccc2/C=C2\SC(=Nc3cc(Cl)ccc3C)NC2=O)cc1. The second-order valence-corrected chi connectivity index (χ2v) is 7.88. The Bertz CT molecular complexity index is 1130. The summed E-state index contributed by atoms with van der Waals surface area (Å²) in [4.78, 5) is 17.6. The van der Waals surface area contributed by atoms with Gasteiger partial charge in [-0.1, -0.05) is 17.7 Å². The van der Waals surface area contributed by atoms with Crippen LogP contribution in [0.2, 0.25) is 5.02 Å². The molecule has 0 atom stereocenters. The Kier molecular flexibility index (Phi) is 5.47. The molecule has 5 nitrogen and oxygen atoms in total. The summed E-state index contributed by atoms with van der Waals surface area (Å²) in [6, 6.07) is 17.2. The minimum atomic E-state index is -0.170. The van der Waals surface area contributed by atoms with E-state index in [9.17, 15) is 4.79 Å². The third kappa shape index (κ3) is 4.23. The van der Waals surface area contributed by atoms with E-state index in [2.05, 4.69) is 10.3 Å². The minimum Gasteiger partial charge on any atom is -0.497 e. The Balaban J connectivity index is 1.61. The molecule has 0 aliphatic carbocycles. The molecule has 2 aromatic carbocycles. The number of aliphatic imine (C=N–C) groups is 1. The standard InChI is InChI=1S/C22H18ClN3O2S/c1-14-5-6-15(23)12-19(14)24-22-25-21(27)20(29-22)13-17-4-3-11-26(17)16-7-9-18(28-2)10-8-16/h3-13H,1-2H3,(H,24,25,27)/b20-13-. The molecule has 29 heavy (non-hydrogen) atoms. The summed E-state index contributed by atoms with van der Waals surface area (Å²) >= 11 is 7.37. The summed E-state index contributed by atoms with van der Waals surface area (Å²) in [6.07, 6.45) is 3.81. The Morgan fingerprint density at radius 1 is 1.17 bits per heavy atom. The van der Waals surface area contributed by atoms with E-state index in [-0.39, 0.29) is 5.91 Å². The van der Waals surface area contributed by atoms with E-state index in [1.54, 1.807) is 13.2 Å². The van der Waals surface area contributed by atoms with Crippen LogP contribution in [0.5, 0.6) is 5.75 Å². The number of methoxy groups -OCH3 is 1. The monoisotopic (exact) mass is 423 g/mol. The fraction of sp³-hybridized carbons (Fsp3) is 0.0909. The van der Waals surface area contributed by atoms with Crippen LogP contribution in [0, 0.1) is 6.92 Å². The normalized spacial score (nSPS) is 16.4. The maximum absolute atomic E-state index is 12.5. The van der Waals surface area contributed by atoms with Crippen LogP contribution in [0.1, 0.15) is 11.3 Å². The van der Waals surface area contributed by atoms with Gasteiger partial charge in [0.15, 0.2) is 5.17 Å². The summed E-state index contributed by atoms with van der Waals surface area (Å²) in [5, 5.41) is 3.97. The summed E-state index contributed by atoms with van der Waals surface area (Å²) in [7, 11) is 1.64. The van der Waals surface area contributed by atoms with Crippen molar-refractivity contribution >= 4 is 46.2 Å². The first-order chi connectivity index (χ1) is 14.0. The van der Waals surface area contributed by atoms with Gasteiger partial charge in [0.25, 0.3) is 5.91 Å². The van der Waals surface area contributed by atoms with Crippen LogP contribution in [0.15, 0.2) is 70.7 Å². The molecule has 3 aromatic rings. The van der Waals surface area contributed by atoms with Gasteiger partial charge in [0.2, 0.25) is 0 Å². The second-order valence-electron chi connectivity index (χ2n) is 6.41. The summed E-state index contributed by atoms with van der Waals surface area (Å²) < 4.78 is 7.23. The van der Waals surface area contributed by atoms with Crippen molar-refractivity contribution < 1.29 is 9.53 Å². The van der Waals surface area contributed by atoms with Gasteiger partial charge in [0, 0.05) is 22.6 Å². The number of ether oxygens (including phenoxy) is 1. The number of halogens is 1. The molecule has 0 radical (unpaired) electrons. The fourth-order valence-electron chi connectivity index (χ4n) is 2.92. The second kappa shape index (κ2) is 8.19. The van der Waals surface area contributed by atoms with Gasteiger partial charge in [-0.2, -0.15) is 0 Å². The van der Waals surface area contributed by atoms with Crippen LogP contribution in [0.4, 0.5) is 5.69 Å². The van der Waals surface area contributed by atoms with Gasteiger partial charge in [0.05, 0.1) is 17.7 Å². The van der Waals surface area contributed by atoms with Crippen LogP contribution in [0.3, 0.4) is 0 Å². The van der Waals surface area contributed by atoms with Crippen LogP contribution in [0.25, 0.3) is 11.8 Å². The zero-order valence-electron chi connectivity index (χ0n) is 15.8. The topological polar surface area (TPSA) is 55.6 Å². The first kappa shape index (κ1) is 19.4. The molecule has 0 bridgehead atoms. The smallest absolute Gasteiger partial charge is 0.264 e. The lowest BCUT2D eigenvalue weighted by Crippen LogP contribution is -2.19. The molecule has 146 valence electrons. The lowest BCUT2D eigenvalue weighted by Gasteiger charge is -2.08. The van der Waals surface area contributed by atoms with Gasteiger partial charge in [-0.15, -0.1) is 0 Å². The number of nitrogens with one attached hydrogen (secondary N) is 1. The molecule has 1 aliphatic heterocycles. The van der Waals surface area contributed by atoms with E-state index in [1.807, 2.05) is 72.3 Å². The van der Waals surface area contributed by atoms with Crippen molar-refractivity contribution in [3.05, 3.63) is 82.0 Å². The number of aryl methyl sites for hydroxylation is 1. The molecular weight excluding hydrogens is 406 g/mol. The number of hydrogen-bond acceptors (Lipinski definition) is 4. The highest BCUT2D eigenvalue weighted by Gasteiger charge is 2.24. The highest BCUT2D eigenvalue weighted by molar-refractivity contribution is 8.18. The number of hydrogen-bond donors (Lipinski definition) is 1. The van der Waals surface area contributed by atoms with Crippen molar-refractivity contribution in [3.63, 3.8) is 0 Å². The van der Waals surface area contributed by atoms with Gasteiger partial charge in [-0.05, 0) is 78.9 Å². The van der Waals surface area contributed by atoms with Gasteiger partial charge in [0.1, 0.15) is 5.75 Å². The number of amidine groups is 1. The number of amides is 1. The molecule has 7 heteroatoms. The molecular formula is C22H18ClN3O2S. The highest BCUT2D eigenvalue weighted by Crippen LogP contribution is 2.31. The zero-order chi connectivity index (χ0) is 20.4. The number of carbonyl (C=O) groups is 1. The van der Waals surface area contributed by atoms with Crippen molar-refractivity contribution in [1.29, 1.82) is 0 Å². The van der Waals surface area contributed by atoms with Gasteiger partial charge in [-0.3, -0.25) is 4.79 Å². The lowest BCUT2D eigenvalue weighted by atomic mass is 10.2. The van der Waals surface area contributed by atoms with E-state index < -0.39 is 0 Å². The number of nitrogens with zero attached hydrogens (tertiary/aromatic N) is 2. The lowest BCUT2D eigenvalue weighted by molar-refractivity contribution is -0.115. The number of thioether (sulfide) groups is 1. The minimum absolute atomic E-state index is 0.170. The number of carbonyl (C=O) groups excluding carboxylic acids is 1. The Morgan fingerprint density at radius 3 is 2.72 bits per heavy atom. The molecule has 1 saturated heterocycles. The van der Waals surface area contributed by atoms with Crippen LogP contribution < -0.4 is 10.1 Å². The first-order valence-electron chi connectivity index (χ1n) is 8.91. The number of aromatic nitrogens is 1. The van der Waals surface area contributed by atoms with Crippen LogP contribution >= 0.6 is 23.4 Å². The van der Waals surface area contributed by atoms with Crippen molar-refractivity contribution in [2.75, 3.05) is 7.11 Å².